The summed E-state index contributed by atoms with van der Waals surface area (Å²) < 4.78 is 83.8. The Labute approximate surface area is 482 Å². The summed E-state index contributed by atoms with van der Waals surface area (Å²) in [5.41, 5.74) is -3.73. The van der Waals surface area contributed by atoms with Crippen LogP contribution in [0.5, 0.6) is 17.2 Å². The van der Waals surface area contributed by atoms with Crippen molar-refractivity contribution in [2.45, 2.75) is 241 Å². The quantitative estimate of drug-likeness (QED) is 0.166. The molecule has 0 spiro atoms. The smallest absolute Gasteiger partial charge is 0.202 e. The van der Waals surface area contributed by atoms with E-state index in [0.29, 0.717) is 19.3 Å². The third-order valence-electron chi connectivity index (χ3n) is 18.3. The van der Waals surface area contributed by atoms with Crippen LogP contribution in [0.3, 0.4) is 0 Å². The third-order valence-corrected chi connectivity index (χ3v) is 18.3. The highest BCUT2D eigenvalue weighted by molar-refractivity contribution is 6.31. The number of phenols is 3. The Hall–Kier alpha value is -4.38. The number of aromatic hydroxyl groups is 3. The van der Waals surface area contributed by atoms with Crippen molar-refractivity contribution in [3.8, 4) is 17.2 Å². The monoisotopic (exact) mass is 1160 g/mol. The maximum absolute atomic E-state index is 14.6. The van der Waals surface area contributed by atoms with Gasteiger partial charge in [0.05, 0.1) is 65.0 Å². The Morgan fingerprint density at radius 1 is 0.614 bits per heavy atom. The average molecular weight is 1170 g/mol. The van der Waals surface area contributed by atoms with Crippen molar-refractivity contribution in [1.29, 1.82) is 0 Å². The number of fused-ring (bicyclic) bond motifs is 5. The van der Waals surface area contributed by atoms with Crippen LogP contribution in [-0.2, 0) is 71.2 Å². The zero-order chi connectivity index (χ0) is 59.2. The number of carbonyl (C=O) groups is 4. The average Bonchev–Trinajstić information content (AvgIpc) is 2.96. The van der Waals surface area contributed by atoms with Crippen LogP contribution in [0.15, 0.2) is 30.4 Å². The SMILES string of the molecule is CC[C@]1(O)C[C@H](O[C@H]2C[C@@H](N(C)C)[C@H](O[C@@H]3CC[C@@H](O[C@H]4C=CC(=O)[C@H](C)O4)[C@@H](C)O3)[C@@H](C)O2)c2c(O)c3c(c(O)c2[C@H]1O[C@H]1C[C@@H](N(C)C)[C@H](O[C@H]2C[C@H]4O[C@H]5CC(=O)[C@@H](C)O[C@@H]5O[C@H]4[C@@H](C)O2)[C@@H](C)O1)C(=O)c1cccc(O)c1C3=O. The summed E-state index contributed by atoms with van der Waals surface area (Å²) in [6.45, 7) is 12.6. The van der Waals surface area contributed by atoms with E-state index in [4.69, 9.17) is 61.6 Å². The lowest BCUT2D eigenvalue weighted by molar-refractivity contribution is -0.372. The summed E-state index contributed by atoms with van der Waals surface area (Å²) >= 11 is 0. The first-order chi connectivity index (χ1) is 39.4. The zero-order valence-corrected chi connectivity index (χ0v) is 48.9. The number of nitrogens with zero attached hydrogens (tertiary/aromatic N) is 2. The van der Waals surface area contributed by atoms with Crippen LogP contribution in [0.4, 0.5) is 0 Å². The molecule has 23 heteroatoms. The van der Waals surface area contributed by atoms with Gasteiger partial charge in [0.1, 0.15) is 60.0 Å². The maximum Gasteiger partial charge on any atom is 0.202 e. The Bertz CT molecular complexity index is 2830. The van der Waals surface area contributed by atoms with E-state index in [2.05, 4.69) is 0 Å². The molecule has 0 aromatic heterocycles. The van der Waals surface area contributed by atoms with Gasteiger partial charge in [0.15, 0.2) is 55.1 Å². The van der Waals surface area contributed by atoms with E-state index in [0.717, 1.165) is 0 Å². The first-order valence-corrected chi connectivity index (χ1v) is 29.3. The lowest BCUT2D eigenvalue weighted by Gasteiger charge is -2.51. The van der Waals surface area contributed by atoms with Gasteiger partial charge in [-0.2, -0.15) is 0 Å². The highest BCUT2D eigenvalue weighted by atomic mass is 16.8. The second kappa shape index (κ2) is 23.7. The Balaban J connectivity index is 0.845. The van der Waals surface area contributed by atoms with Gasteiger partial charge in [-0.25, -0.2) is 0 Å². The molecule has 7 aliphatic heterocycles. The first kappa shape index (κ1) is 60.3. The van der Waals surface area contributed by atoms with Crippen molar-refractivity contribution in [3.05, 3.63) is 63.7 Å². The Morgan fingerprint density at radius 3 is 1.88 bits per heavy atom. The standard InChI is InChI=1S/C60H80N2O21/c1-12-60(70)24-40(79-43-20-32(61(8)9)55(28(5)73-43)80-42-19-17-37(27(4)72-42)78-41-18-16-34(63)25(2)71-41)47-50(54(69)48-49(53(47)68)52(67)46-31(51(48)66)14-13-15-35(46)64)58(60)82-44-21-33(62(10)11)56(29(6)74-44)81-45-23-38-57(30(7)75-45)83-59-39(77-38)22-36(65)26(3)76-59/h13-16,18,25-30,32-33,37-45,55-59,64,68-70H,12,17,19-24H2,1-11H3/t25-,26+,27+,28+,29+,30+,32+,33+,37+,38+,39-,40-,41-,42+,43-,44-,45-,55+,56+,57-,58+,59+,60-/m0/s1. The molecule has 0 bridgehead atoms. The van der Waals surface area contributed by atoms with Crippen LogP contribution in [0.2, 0.25) is 0 Å². The van der Waals surface area contributed by atoms with Crippen LogP contribution in [0.1, 0.15) is 155 Å². The Morgan fingerprint density at radius 2 is 1.23 bits per heavy atom. The molecule has 2 aliphatic carbocycles. The summed E-state index contributed by atoms with van der Waals surface area (Å²) in [6, 6.07) is 3.30. The number of likely N-dealkylation sites (N-methyl/N-ethyl adjacent to an activating group) is 2. The molecule has 0 amide bonds. The number of carbonyl (C=O) groups excluding carboxylic acids is 4. The van der Waals surface area contributed by atoms with E-state index in [1.54, 1.807) is 26.8 Å². The van der Waals surface area contributed by atoms with Gasteiger partial charge >= 0.3 is 0 Å². The molecule has 0 saturated carbocycles. The predicted molar refractivity (Wildman–Crippen MR) is 288 cm³/mol. The zero-order valence-electron chi connectivity index (χ0n) is 48.9. The summed E-state index contributed by atoms with van der Waals surface area (Å²) in [5, 5.41) is 49.4. The highest BCUT2D eigenvalue weighted by Gasteiger charge is 2.56. The third kappa shape index (κ3) is 11.4. The second-order valence-corrected chi connectivity index (χ2v) is 24.3. The largest absolute Gasteiger partial charge is 0.507 e. The molecular weight excluding hydrogens is 1080 g/mol. The van der Waals surface area contributed by atoms with Gasteiger partial charge in [-0.15, -0.1) is 0 Å². The minimum absolute atomic E-state index is 0.0159. The van der Waals surface area contributed by atoms with Gasteiger partial charge < -0.3 is 91.8 Å². The Kier molecular flexibility index (Phi) is 17.2. The molecule has 11 rings (SSSR count). The molecule has 7 heterocycles. The molecule has 456 valence electrons. The number of benzene rings is 2. The molecule has 4 N–H and O–H groups in total. The fraction of sp³-hybridized carbons (Fsp3) is 0.700. The number of ether oxygens (including phenoxy) is 13. The van der Waals surface area contributed by atoms with Gasteiger partial charge in [0, 0.05) is 67.3 Å². The lowest BCUT2D eigenvalue weighted by atomic mass is 9.70. The number of hydrogen-bond acceptors (Lipinski definition) is 23. The van der Waals surface area contributed by atoms with E-state index in [-0.39, 0.29) is 90.2 Å². The van der Waals surface area contributed by atoms with E-state index in [1.165, 1.54) is 24.3 Å². The number of rotatable bonds is 13. The minimum Gasteiger partial charge on any atom is -0.507 e. The minimum atomic E-state index is -1.88. The molecule has 23 atom stereocenters. The number of ketones is 4. The predicted octanol–water partition coefficient (Wildman–Crippen LogP) is 4.91. The van der Waals surface area contributed by atoms with E-state index < -0.39 is 157 Å². The summed E-state index contributed by atoms with van der Waals surface area (Å²) in [7, 11) is 7.59. The van der Waals surface area contributed by atoms with Crippen LogP contribution in [0.25, 0.3) is 0 Å². The van der Waals surface area contributed by atoms with Gasteiger partial charge in [0.25, 0.3) is 0 Å². The number of aliphatic hydroxyl groups is 1. The van der Waals surface area contributed by atoms with Crippen LogP contribution in [-0.4, -0.2) is 210 Å². The maximum atomic E-state index is 14.6. The van der Waals surface area contributed by atoms with Crippen molar-refractivity contribution in [2.24, 2.45) is 0 Å². The van der Waals surface area contributed by atoms with Crippen molar-refractivity contribution in [2.75, 3.05) is 28.2 Å². The van der Waals surface area contributed by atoms with Gasteiger partial charge in [-0.3, -0.25) is 19.2 Å². The van der Waals surface area contributed by atoms with Crippen LogP contribution < -0.4 is 0 Å². The molecule has 2 aromatic carbocycles. The van der Waals surface area contributed by atoms with Crippen LogP contribution >= 0.6 is 0 Å². The molecule has 23 nitrogen and oxygen atoms in total. The van der Waals surface area contributed by atoms with E-state index >= 15 is 0 Å². The normalized spacial score (nSPS) is 41.8. The summed E-state index contributed by atoms with van der Waals surface area (Å²) in [6.07, 6.45) is -9.04. The van der Waals surface area contributed by atoms with Crippen molar-refractivity contribution < 1.29 is 101 Å². The van der Waals surface area contributed by atoms with Crippen molar-refractivity contribution >= 4 is 23.1 Å². The fourth-order valence-corrected chi connectivity index (χ4v) is 13.7. The summed E-state index contributed by atoms with van der Waals surface area (Å²) in [5.74, 6) is -3.80. The van der Waals surface area contributed by atoms with Crippen molar-refractivity contribution in [1.82, 2.24) is 9.80 Å². The topological polar surface area (TPSA) is 276 Å². The molecule has 9 aliphatic rings. The summed E-state index contributed by atoms with van der Waals surface area (Å²) in [4.78, 5) is 57.6. The van der Waals surface area contributed by atoms with Crippen molar-refractivity contribution in [3.63, 3.8) is 0 Å². The molecule has 83 heavy (non-hydrogen) atoms. The lowest BCUT2D eigenvalue weighted by Crippen LogP contribution is -2.62. The molecule has 6 fully saturated rings. The van der Waals surface area contributed by atoms with Gasteiger partial charge in [0.2, 0.25) is 5.78 Å². The number of phenolic OH excluding ortho intramolecular Hbond substituents is 3. The highest BCUT2D eigenvalue weighted by Crippen LogP contribution is 2.58. The van der Waals surface area contributed by atoms with Gasteiger partial charge in [-0.1, -0.05) is 19.1 Å². The van der Waals surface area contributed by atoms with E-state index in [1.807, 2.05) is 65.7 Å². The molecule has 0 unspecified atom stereocenters. The second-order valence-electron chi connectivity index (χ2n) is 24.3. The first-order valence-electron chi connectivity index (χ1n) is 29.3. The molecule has 0 radical (unpaired) electrons. The van der Waals surface area contributed by atoms with Crippen LogP contribution in [0, 0.1) is 0 Å². The fourth-order valence-electron chi connectivity index (χ4n) is 13.7. The number of hydrogen-bond donors (Lipinski definition) is 4. The van der Waals surface area contributed by atoms with E-state index in [9.17, 15) is 39.6 Å². The molecule has 2 aromatic rings. The van der Waals surface area contributed by atoms with Gasteiger partial charge in [-0.05, 0) is 101 Å². The molecule has 6 saturated heterocycles. The molecular formula is C60H80N2O21. The number of Topliss-reactive ketones (excluding diaryl/α,β-unsaturated/α-hetero) is 1.